The van der Waals surface area contributed by atoms with Gasteiger partial charge in [0, 0.05) is 34.9 Å². The number of hydrogen-bond donors (Lipinski definition) is 2. The van der Waals surface area contributed by atoms with E-state index in [9.17, 15) is 9.59 Å². The van der Waals surface area contributed by atoms with Crippen molar-refractivity contribution in [2.24, 2.45) is 0 Å². The Kier molecular flexibility index (Phi) is 11.0. The summed E-state index contributed by atoms with van der Waals surface area (Å²) < 4.78 is 10.8. The van der Waals surface area contributed by atoms with Gasteiger partial charge in [0.25, 0.3) is 0 Å². The SMILES string of the molecule is CCCOC(=O)CCC1=C(C)c2cc3[nH]c(cc4nc(cc5[nH]c(cc1n2)c(CCC(=O)OCCC)c5C)C(CC)=C4C)c(CC)c3C. The summed E-state index contributed by atoms with van der Waals surface area (Å²) in [6.07, 6.45) is 4.92. The highest BCUT2D eigenvalue weighted by molar-refractivity contribution is 5.95. The lowest BCUT2D eigenvalue weighted by molar-refractivity contribution is -0.144. The average Bonchev–Trinajstić information content (AvgIpc) is 3.73. The van der Waals surface area contributed by atoms with Gasteiger partial charge in [-0.25, -0.2) is 9.97 Å². The van der Waals surface area contributed by atoms with Gasteiger partial charge in [-0.2, -0.15) is 0 Å². The van der Waals surface area contributed by atoms with Crippen molar-refractivity contribution < 1.29 is 19.1 Å². The first-order valence-corrected chi connectivity index (χ1v) is 17.5. The van der Waals surface area contributed by atoms with Crippen LogP contribution in [0.3, 0.4) is 0 Å². The Morgan fingerprint density at radius 1 is 0.583 bits per heavy atom. The van der Waals surface area contributed by atoms with Gasteiger partial charge in [-0.3, -0.25) is 9.59 Å². The van der Waals surface area contributed by atoms with Crippen LogP contribution in [-0.4, -0.2) is 45.1 Å². The summed E-state index contributed by atoms with van der Waals surface area (Å²) in [6.45, 7) is 17.7. The second-order valence-corrected chi connectivity index (χ2v) is 12.8. The first-order chi connectivity index (χ1) is 23.1. The molecule has 0 spiro atoms. The molecule has 0 aromatic carbocycles. The zero-order valence-corrected chi connectivity index (χ0v) is 29.9. The molecule has 5 heterocycles. The van der Waals surface area contributed by atoms with Crippen LogP contribution in [-0.2, 0) is 31.9 Å². The predicted molar refractivity (Wildman–Crippen MR) is 195 cm³/mol. The van der Waals surface area contributed by atoms with Gasteiger partial charge in [0.2, 0.25) is 0 Å². The molecule has 8 bridgehead atoms. The van der Waals surface area contributed by atoms with Crippen molar-refractivity contribution in [3.05, 3.63) is 69.3 Å². The summed E-state index contributed by atoms with van der Waals surface area (Å²) in [7, 11) is 0. The topological polar surface area (TPSA) is 110 Å². The third-order valence-electron chi connectivity index (χ3n) is 9.60. The Bertz CT molecular complexity index is 1960. The summed E-state index contributed by atoms with van der Waals surface area (Å²) in [5, 5.41) is 0. The lowest BCUT2D eigenvalue weighted by Crippen LogP contribution is -2.06. The predicted octanol–water partition coefficient (Wildman–Crippen LogP) is 9.38. The van der Waals surface area contributed by atoms with Gasteiger partial charge < -0.3 is 19.4 Å². The standard InChI is InChI=1S/C40H50N4O4/c1-9-17-47-39(45)15-13-29-25(7)32-19-31-23(5)27(11-3)35(41-31)20-33-24(6)28(12-4)36(42-33)21-34-26(8)30(14-16-40(46)48-18-10-2)38(44-34)22-37(29)43-32/h19-22,41,44H,9-18H2,1-8H3. The van der Waals surface area contributed by atoms with E-state index in [0.717, 1.165) is 92.8 Å². The zero-order chi connectivity index (χ0) is 34.5. The minimum Gasteiger partial charge on any atom is -0.466 e. The van der Waals surface area contributed by atoms with Crippen molar-refractivity contribution in [1.29, 1.82) is 0 Å². The van der Waals surface area contributed by atoms with Crippen LogP contribution < -0.4 is 0 Å². The Morgan fingerprint density at radius 2 is 1.04 bits per heavy atom. The number of carbonyl (C=O) groups is 2. The monoisotopic (exact) mass is 650 g/mol. The molecule has 2 aliphatic heterocycles. The van der Waals surface area contributed by atoms with E-state index in [0.29, 0.717) is 26.1 Å². The number of nitrogens with zero attached hydrogens (tertiary/aromatic N) is 2. The highest BCUT2D eigenvalue weighted by Crippen LogP contribution is 2.37. The van der Waals surface area contributed by atoms with Crippen molar-refractivity contribution >= 4 is 56.3 Å². The fourth-order valence-corrected chi connectivity index (χ4v) is 6.78. The maximum absolute atomic E-state index is 12.6. The molecular formula is C40H50N4O4. The van der Waals surface area contributed by atoms with Crippen molar-refractivity contribution in [3.8, 4) is 0 Å². The molecule has 0 amide bonds. The van der Waals surface area contributed by atoms with E-state index in [1.54, 1.807) is 0 Å². The molecule has 0 fully saturated rings. The number of nitrogens with one attached hydrogen (secondary N) is 2. The normalized spacial score (nSPS) is 13.0. The summed E-state index contributed by atoms with van der Waals surface area (Å²) in [5.74, 6) is -0.408. The molecule has 2 aliphatic rings. The Labute approximate surface area is 284 Å². The van der Waals surface area contributed by atoms with Crippen molar-refractivity contribution in [1.82, 2.24) is 19.9 Å². The fraction of sp³-hybridized carbons (Fsp3) is 0.450. The molecule has 5 rings (SSSR count). The summed E-state index contributed by atoms with van der Waals surface area (Å²) >= 11 is 0. The quantitative estimate of drug-likeness (QED) is 0.189. The molecule has 0 unspecified atom stereocenters. The van der Waals surface area contributed by atoms with E-state index < -0.39 is 0 Å². The van der Waals surface area contributed by atoms with Crippen LogP contribution in [0.15, 0.2) is 24.3 Å². The second kappa shape index (κ2) is 15.2. The van der Waals surface area contributed by atoms with E-state index in [-0.39, 0.29) is 24.8 Å². The lowest BCUT2D eigenvalue weighted by atomic mass is 10.00. The Morgan fingerprint density at radius 3 is 1.60 bits per heavy atom. The van der Waals surface area contributed by atoms with Crippen LogP contribution in [0.1, 0.15) is 125 Å². The van der Waals surface area contributed by atoms with Crippen LogP contribution in [0, 0.1) is 13.8 Å². The number of hydrogen-bond acceptors (Lipinski definition) is 6. The van der Waals surface area contributed by atoms with Gasteiger partial charge in [0.15, 0.2) is 0 Å². The summed E-state index contributed by atoms with van der Waals surface area (Å²) in [4.78, 5) is 42.9. The number of esters is 2. The van der Waals surface area contributed by atoms with E-state index in [4.69, 9.17) is 19.4 Å². The molecule has 0 saturated carbocycles. The maximum atomic E-state index is 12.6. The minimum absolute atomic E-state index is 0.202. The average molecular weight is 651 g/mol. The molecule has 0 aliphatic carbocycles. The molecule has 0 saturated heterocycles. The number of allylic oxidation sites excluding steroid dienone is 4. The van der Waals surface area contributed by atoms with Crippen LogP contribution in [0.2, 0.25) is 0 Å². The van der Waals surface area contributed by atoms with Gasteiger partial charge in [-0.1, -0.05) is 27.7 Å². The minimum atomic E-state index is -0.206. The highest BCUT2D eigenvalue weighted by atomic mass is 16.5. The van der Waals surface area contributed by atoms with Crippen molar-refractivity contribution in [3.63, 3.8) is 0 Å². The number of aryl methyl sites for hydroxylation is 4. The third-order valence-corrected chi connectivity index (χ3v) is 9.60. The molecule has 8 nitrogen and oxygen atoms in total. The second-order valence-electron chi connectivity index (χ2n) is 12.8. The van der Waals surface area contributed by atoms with E-state index in [1.807, 2.05) is 13.8 Å². The van der Waals surface area contributed by atoms with Crippen LogP contribution in [0.4, 0.5) is 0 Å². The number of H-pyrrole nitrogens is 2. The largest absolute Gasteiger partial charge is 0.466 e. The molecule has 3 aromatic heterocycles. The summed E-state index contributed by atoms with van der Waals surface area (Å²) in [6, 6.07) is 8.52. The third kappa shape index (κ3) is 7.18. The maximum Gasteiger partial charge on any atom is 0.306 e. The van der Waals surface area contributed by atoms with Gasteiger partial charge in [0.1, 0.15) is 0 Å². The number of fused-ring (bicyclic) bond motifs is 8. The van der Waals surface area contributed by atoms with Crippen LogP contribution >= 0.6 is 0 Å². The molecule has 48 heavy (non-hydrogen) atoms. The number of rotatable bonds is 12. The molecule has 3 aromatic rings. The Hall–Kier alpha value is -4.46. The molecule has 0 atom stereocenters. The van der Waals surface area contributed by atoms with Gasteiger partial charge in [-0.05, 0) is 135 Å². The number of aromatic amines is 2. The first kappa shape index (κ1) is 34.9. The molecule has 2 N–H and O–H groups in total. The van der Waals surface area contributed by atoms with E-state index in [2.05, 4.69) is 75.8 Å². The van der Waals surface area contributed by atoms with Crippen molar-refractivity contribution in [2.45, 2.75) is 107 Å². The number of carbonyl (C=O) groups excluding carboxylic acids is 2. The molecule has 0 radical (unpaired) electrons. The van der Waals surface area contributed by atoms with E-state index in [1.165, 1.54) is 22.3 Å². The van der Waals surface area contributed by atoms with Gasteiger partial charge >= 0.3 is 11.9 Å². The highest BCUT2D eigenvalue weighted by Gasteiger charge is 2.21. The molecular weight excluding hydrogens is 600 g/mol. The van der Waals surface area contributed by atoms with Gasteiger partial charge in [-0.15, -0.1) is 0 Å². The smallest absolute Gasteiger partial charge is 0.306 e. The van der Waals surface area contributed by atoms with Crippen LogP contribution in [0.25, 0.3) is 44.4 Å². The lowest BCUT2D eigenvalue weighted by Gasteiger charge is -2.06. The van der Waals surface area contributed by atoms with Crippen LogP contribution in [0.5, 0.6) is 0 Å². The molecule has 254 valence electrons. The number of ether oxygens (including phenoxy) is 2. The fourth-order valence-electron chi connectivity index (χ4n) is 6.78. The zero-order valence-electron chi connectivity index (χ0n) is 29.9. The van der Waals surface area contributed by atoms with Crippen molar-refractivity contribution in [2.75, 3.05) is 13.2 Å². The van der Waals surface area contributed by atoms with E-state index >= 15 is 0 Å². The summed E-state index contributed by atoms with van der Waals surface area (Å²) in [5.41, 5.74) is 16.5. The Balaban J connectivity index is 1.80. The van der Waals surface area contributed by atoms with Gasteiger partial charge in [0.05, 0.1) is 36.0 Å². The first-order valence-electron chi connectivity index (χ1n) is 17.5. The molecule has 8 heteroatoms. The number of aromatic nitrogens is 4.